The molecule has 0 radical (unpaired) electrons. The Morgan fingerprint density at radius 3 is 2.00 bits per heavy atom. The molecule has 12 heavy (non-hydrogen) atoms. The second-order valence-corrected chi connectivity index (χ2v) is 3.20. The van der Waals surface area contributed by atoms with Crippen molar-refractivity contribution in [3.63, 3.8) is 0 Å². The molecule has 2 amide bonds. The van der Waals surface area contributed by atoms with E-state index >= 15 is 0 Å². The summed E-state index contributed by atoms with van der Waals surface area (Å²) in [5, 5.41) is 0.766. The number of nitrogens with zero attached hydrogens (tertiary/aromatic N) is 1. The number of carbonyl (C=O) groups is 2. The minimum Gasteiger partial charge on any atom is -0.273 e. The Morgan fingerprint density at radius 2 is 1.58 bits per heavy atom. The van der Waals surface area contributed by atoms with Crippen LogP contribution in [0.1, 0.15) is 12.8 Å². The summed E-state index contributed by atoms with van der Waals surface area (Å²) in [7, 11) is 0. The standard InChI is InChI=1S/C8H10N2O2/c9-10-7(11)5-3-1-2-4-6(5)8(10)12/h1-2,5-6H,3-4,9H2. The molecular formula is C8H10N2O2. The van der Waals surface area contributed by atoms with E-state index in [0.717, 1.165) is 5.01 Å². The Bertz CT molecular complexity index is 246. The molecule has 1 saturated heterocycles. The lowest BCUT2D eigenvalue weighted by Gasteiger charge is -2.14. The van der Waals surface area contributed by atoms with Gasteiger partial charge in [-0.1, -0.05) is 12.2 Å². The lowest BCUT2D eigenvalue weighted by molar-refractivity contribution is -0.140. The van der Waals surface area contributed by atoms with Gasteiger partial charge in [0, 0.05) is 0 Å². The highest BCUT2D eigenvalue weighted by molar-refractivity contribution is 6.04. The number of allylic oxidation sites excluding steroid dienone is 2. The Kier molecular flexibility index (Phi) is 1.51. The molecule has 4 nitrogen and oxygen atoms in total. The van der Waals surface area contributed by atoms with Gasteiger partial charge in [0.25, 0.3) is 0 Å². The number of fused-ring (bicyclic) bond motifs is 1. The van der Waals surface area contributed by atoms with Gasteiger partial charge >= 0.3 is 0 Å². The minimum absolute atomic E-state index is 0.188. The molecule has 0 aromatic heterocycles. The molecule has 2 aliphatic rings. The average Bonchev–Trinajstić information content (AvgIpc) is 2.33. The Labute approximate surface area is 70.0 Å². The number of hydrazine groups is 1. The summed E-state index contributed by atoms with van der Waals surface area (Å²) in [6.07, 6.45) is 5.18. The molecule has 2 atom stereocenters. The Balaban J connectivity index is 2.31. The van der Waals surface area contributed by atoms with E-state index in [1.165, 1.54) is 0 Å². The largest absolute Gasteiger partial charge is 0.273 e. The van der Waals surface area contributed by atoms with E-state index in [1.54, 1.807) is 0 Å². The first-order valence-corrected chi connectivity index (χ1v) is 3.99. The van der Waals surface area contributed by atoms with Crippen LogP contribution in [-0.2, 0) is 9.59 Å². The van der Waals surface area contributed by atoms with Crippen LogP contribution < -0.4 is 5.84 Å². The summed E-state index contributed by atoms with van der Waals surface area (Å²) in [5.41, 5.74) is 0. The van der Waals surface area contributed by atoms with Crippen molar-refractivity contribution in [2.45, 2.75) is 12.8 Å². The molecule has 0 bridgehead atoms. The summed E-state index contributed by atoms with van der Waals surface area (Å²) in [6, 6.07) is 0. The smallest absolute Gasteiger partial charge is 0.247 e. The van der Waals surface area contributed by atoms with Crippen molar-refractivity contribution in [1.29, 1.82) is 0 Å². The van der Waals surface area contributed by atoms with Gasteiger partial charge in [0.1, 0.15) is 0 Å². The third-order valence-electron chi connectivity index (χ3n) is 2.54. The normalized spacial score (nSPS) is 34.2. The number of rotatable bonds is 0. The second-order valence-electron chi connectivity index (χ2n) is 3.20. The van der Waals surface area contributed by atoms with Gasteiger partial charge in [-0.3, -0.25) is 9.59 Å². The van der Waals surface area contributed by atoms with Gasteiger partial charge in [0.15, 0.2) is 0 Å². The fraction of sp³-hybridized carbons (Fsp3) is 0.500. The summed E-state index contributed by atoms with van der Waals surface area (Å²) in [5.74, 6) is 4.46. The predicted octanol–water partition coefficient (Wildman–Crippen LogP) is -0.189. The van der Waals surface area contributed by atoms with E-state index in [9.17, 15) is 9.59 Å². The fourth-order valence-electron chi connectivity index (χ4n) is 1.83. The number of hydrogen-bond donors (Lipinski definition) is 1. The van der Waals surface area contributed by atoms with Gasteiger partial charge in [-0.05, 0) is 12.8 Å². The maximum atomic E-state index is 11.3. The third-order valence-corrected chi connectivity index (χ3v) is 2.54. The highest BCUT2D eigenvalue weighted by Crippen LogP contribution is 2.33. The minimum atomic E-state index is -0.227. The van der Waals surface area contributed by atoms with Gasteiger partial charge in [-0.2, -0.15) is 0 Å². The SMILES string of the molecule is NN1C(=O)C2CC=CCC2C1=O. The van der Waals surface area contributed by atoms with Crippen molar-refractivity contribution >= 4 is 11.8 Å². The quantitative estimate of drug-likeness (QED) is 0.235. The zero-order valence-corrected chi connectivity index (χ0v) is 6.56. The average molecular weight is 166 g/mol. The molecule has 2 unspecified atom stereocenters. The van der Waals surface area contributed by atoms with Crippen LogP contribution in [0.5, 0.6) is 0 Å². The first kappa shape index (κ1) is 7.49. The van der Waals surface area contributed by atoms with Crippen LogP contribution in [0.15, 0.2) is 12.2 Å². The van der Waals surface area contributed by atoms with Crippen LogP contribution >= 0.6 is 0 Å². The van der Waals surface area contributed by atoms with Gasteiger partial charge in [-0.25, -0.2) is 10.9 Å². The van der Waals surface area contributed by atoms with Crippen LogP contribution in [0, 0.1) is 11.8 Å². The molecule has 1 fully saturated rings. The van der Waals surface area contributed by atoms with Crippen molar-refractivity contribution in [3.8, 4) is 0 Å². The van der Waals surface area contributed by atoms with E-state index in [4.69, 9.17) is 5.84 Å². The van der Waals surface area contributed by atoms with E-state index in [1.807, 2.05) is 12.2 Å². The van der Waals surface area contributed by atoms with Gasteiger partial charge < -0.3 is 0 Å². The molecule has 1 aliphatic carbocycles. The number of carbonyl (C=O) groups excluding carboxylic acids is 2. The summed E-state index contributed by atoms with van der Waals surface area (Å²) >= 11 is 0. The topological polar surface area (TPSA) is 63.4 Å². The first-order valence-electron chi connectivity index (χ1n) is 3.99. The highest BCUT2D eigenvalue weighted by Gasteiger charge is 2.45. The maximum Gasteiger partial charge on any atom is 0.247 e. The maximum absolute atomic E-state index is 11.3. The molecule has 1 heterocycles. The van der Waals surface area contributed by atoms with Crippen LogP contribution in [0.25, 0.3) is 0 Å². The number of nitrogens with two attached hydrogens (primary N) is 1. The van der Waals surface area contributed by atoms with Crippen molar-refractivity contribution < 1.29 is 9.59 Å². The van der Waals surface area contributed by atoms with Gasteiger partial charge in [-0.15, -0.1) is 0 Å². The molecule has 0 spiro atoms. The predicted molar refractivity (Wildman–Crippen MR) is 41.4 cm³/mol. The van der Waals surface area contributed by atoms with Crippen molar-refractivity contribution in [2.24, 2.45) is 17.7 Å². The number of imide groups is 1. The number of hydrogen-bond acceptors (Lipinski definition) is 3. The van der Waals surface area contributed by atoms with Crippen LogP contribution in [-0.4, -0.2) is 16.8 Å². The molecule has 1 aliphatic heterocycles. The zero-order valence-electron chi connectivity index (χ0n) is 6.56. The van der Waals surface area contributed by atoms with Crippen molar-refractivity contribution in [2.75, 3.05) is 0 Å². The summed E-state index contributed by atoms with van der Waals surface area (Å²) in [6.45, 7) is 0. The summed E-state index contributed by atoms with van der Waals surface area (Å²) < 4.78 is 0. The van der Waals surface area contributed by atoms with E-state index in [2.05, 4.69) is 0 Å². The lowest BCUT2D eigenvalue weighted by Crippen LogP contribution is -2.37. The lowest BCUT2D eigenvalue weighted by atomic mass is 9.85. The molecule has 2 rings (SSSR count). The first-order chi connectivity index (χ1) is 5.72. The third kappa shape index (κ3) is 0.814. The van der Waals surface area contributed by atoms with E-state index in [0.29, 0.717) is 12.8 Å². The molecular weight excluding hydrogens is 156 g/mol. The zero-order chi connectivity index (χ0) is 8.72. The van der Waals surface area contributed by atoms with Crippen LogP contribution in [0.2, 0.25) is 0 Å². The van der Waals surface area contributed by atoms with Crippen molar-refractivity contribution in [1.82, 2.24) is 5.01 Å². The Morgan fingerprint density at radius 1 is 1.17 bits per heavy atom. The monoisotopic (exact) mass is 166 g/mol. The Hall–Kier alpha value is -1.16. The van der Waals surface area contributed by atoms with Crippen molar-refractivity contribution in [3.05, 3.63) is 12.2 Å². The van der Waals surface area contributed by atoms with Gasteiger partial charge in [0.05, 0.1) is 11.8 Å². The van der Waals surface area contributed by atoms with Gasteiger partial charge in [0.2, 0.25) is 11.8 Å². The fourth-order valence-corrected chi connectivity index (χ4v) is 1.83. The molecule has 2 N–H and O–H groups in total. The molecule has 0 aromatic carbocycles. The van der Waals surface area contributed by atoms with Crippen LogP contribution in [0.4, 0.5) is 0 Å². The molecule has 0 aromatic rings. The van der Waals surface area contributed by atoms with E-state index < -0.39 is 0 Å². The number of amides is 2. The highest BCUT2D eigenvalue weighted by atomic mass is 16.2. The second kappa shape index (κ2) is 2.42. The molecule has 64 valence electrons. The molecule has 4 heteroatoms. The molecule has 0 saturated carbocycles. The summed E-state index contributed by atoms with van der Waals surface area (Å²) in [4.78, 5) is 22.6. The van der Waals surface area contributed by atoms with E-state index in [-0.39, 0.29) is 23.7 Å². The van der Waals surface area contributed by atoms with Crippen LogP contribution in [0.3, 0.4) is 0 Å².